The Kier molecular flexibility index (Phi) is 7.38. The molecule has 3 aromatic rings. The smallest absolute Gasteiger partial charge is 0.494 e. The van der Waals surface area contributed by atoms with Crippen LogP contribution in [0.2, 0.25) is 0 Å². The third-order valence-electron chi connectivity index (χ3n) is 6.71. The molecule has 0 spiro atoms. The fourth-order valence-corrected chi connectivity index (χ4v) is 3.89. The van der Waals surface area contributed by atoms with E-state index in [1.165, 1.54) is 0 Å². The first-order chi connectivity index (χ1) is 17.6. The van der Waals surface area contributed by atoms with Crippen LogP contribution in [0.25, 0.3) is 11.4 Å². The number of rotatable bonds is 9. The third-order valence-corrected chi connectivity index (χ3v) is 6.71. The Balaban J connectivity index is 1.67. The van der Waals surface area contributed by atoms with E-state index in [2.05, 4.69) is 20.4 Å². The van der Waals surface area contributed by atoms with Crippen molar-refractivity contribution in [3.63, 3.8) is 0 Å². The Labute approximate surface area is 216 Å². The van der Waals surface area contributed by atoms with Crippen molar-refractivity contribution >= 4 is 24.1 Å². The number of aromatic amines is 1. The molecule has 2 heterocycles. The number of methoxy groups -OCH3 is 1. The molecule has 0 bridgehead atoms. The highest BCUT2D eigenvalue weighted by atomic mass is 16.7. The monoisotopic (exact) mass is 505 g/mol. The molecule has 0 amide bonds. The summed E-state index contributed by atoms with van der Waals surface area (Å²) in [6.07, 6.45) is 0. The molecule has 1 aromatic heterocycles. The van der Waals surface area contributed by atoms with Crippen molar-refractivity contribution in [1.82, 2.24) is 9.97 Å². The average Bonchev–Trinajstić information content (AvgIpc) is 3.09. The highest BCUT2D eigenvalue weighted by molar-refractivity contribution is 6.62. The van der Waals surface area contributed by atoms with E-state index in [-0.39, 0.29) is 11.5 Å². The van der Waals surface area contributed by atoms with Gasteiger partial charge < -0.3 is 29.1 Å². The molecule has 1 saturated heterocycles. The first-order valence-electron chi connectivity index (χ1n) is 12.1. The summed E-state index contributed by atoms with van der Waals surface area (Å²) >= 11 is 0. The van der Waals surface area contributed by atoms with Gasteiger partial charge in [-0.25, -0.2) is 10.5 Å². The molecule has 10 nitrogen and oxygen atoms in total. The minimum Gasteiger partial charge on any atom is -0.497 e. The van der Waals surface area contributed by atoms with Gasteiger partial charge in [0.1, 0.15) is 17.3 Å². The molecule has 4 rings (SSSR count). The van der Waals surface area contributed by atoms with Gasteiger partial charge in [-0.2, -0.15) is 0 Å². The summed E-state index contributed by atoms with van der Waals surface area (Å²) in [5.74, 6) is 1.75. The van der Waals surface area contributed by atoms with Gasteiger partial charge >= 0.3 is 7.12 Å². The molecule has 1 fully saturated rings. The zero-order valence-electron chi connectivity index (χ0n) is 22.0. The lowest BCUT2D eigenvalue weighted by Gasteiger charge is -2.32. The number of anilines is 1. The normalized spacial score (nSPS) is 15.9. The van der Waals surface area contributed by atoms with Crippen LogP contribution in [0, 0.1) is 5.53 Å². The summed E-state index contributed by atoms with van der Waals surface area (Å²) in [7, 11) is 1.05. The summed E-state index contributed by atoms with van der Waals surface area (Å²) in [5.41, 5.74) is 8.22. The van der Waals surface area contributed by atoms with Gasteiger partial charge in [0.25, 0.3) is 5.56 Å². The Bertz CT molecular complexity index is 1320. The quantitative estimate of drug-likeness (QED) is 0.290. The standard InChI is InChI=1S/C26H32BN5O5/c1-7-35-20-14-17(27-36-25(2,3)26(4,5)37-27)10-13-19(20)22-30-23(21(32-28)24(33)31-22)29-15-16-8-11-18(34-6)12-9-16/h8-14,28H,7,15H2,1-6H3,(H2,29,30,31,33). The number of hydrogen-bond acceptors (Lipinski definition) is 9. The number of benzene rings is 2. The van der Waals surface area contributed by atoms with E-state index in [1.54, 1.807) is 7.11 Å². The van der Waals surface area contributed by atoms with Gasteiger partial charge in [0.2, 0.25) is 0 Å². The Morgan fingerprint density at radius 2 is 1.78 bits per heavy atom. The second-order valence-corrected chi connectivity index (χ2v) is 9.70. The third kappa shape index (κ3) is 5.37. The van der Waals surface area contributed by atoms with Crippen LogP contribution in [0.3, 0.4) is 0 Å². The summed E-state index contributed by atoms with van der Waals surface area (Å²) in [6, 6.07) is 13.0. The van der Waals surface area contributed by atoms with E-state index in [4.69, 9.17) is 24.3 Å². The summed E-state index contributed by atoms with van der Waals surface area (Å²) in [4.78, 5) is 20.1. The molecule has 0 atom stereocenters. The van der Waals surface area contributed by atoms with E-state index in [1.807, 2.05) is 77.1 Å². The first-order valence-corrected chi connectivity index (χ1v) is 12.1. The van der Waals surface area contributed by atoms with Crippen LogP contribution < -0.4 is 25.8 Å². The maximum Gasteiger partial charge on any atom is 0.494 e. The molecule has 194 valence electrons. The second kappa shape index (κ2) is 10.4. The lowest BCUT2D eigenvalue weighted by Crippen LogP contribution is -2.41. The van der Waals surface area contributed by atoms with Crippen LogP contribution in [-0.2, 0) is 15.9 Å². The first kappa shape index (κ1) is 26.4. The van der Waals surface area contributed by atoms with Gasteiger partial charge in [0.05, 0.1) is 30.5 Å². The number of aromatic nitrogens is 2. The predicted molar refractivity (Wildman–Crippen MR) is 142 cm³/mol. The van der Waals surface area contributed by atoms with Crippen molar-refractivity contribution in [2.75, 3.05) is 19.0 Å². The van der Waals surface area contributed by atoms with E-state index < -0.39 is 23.9 Å². The van der Waals surface area contributed by atoms with Gasteiger partial charge in [-0.1, -0.05) is 18.2 Å². The van der Waals surface area contributed by atoms with E-state index in [0.29, 0.717) is 30.3 Å². The van der Waals surface area contributed by atoms with Crippen molar-refractivity contribution in [3.05, 3.63) is 58.4 Å². The van der Waals surface area contributed by atoms with Crippen LogP contribution in [0.15, 0.2) is 52.4 Å². The molecule has 1 aliphatic rings. The second-order valence-electron chi connectivity index (χ2n) is 9.70. The minimum absolute atomic E-state index is 0.107. The van der Waals surface area contributed by atoms with E-state index in [0.717, 1.165) is 16.8 Å². The lowest BCUT2D eigenvalue weighted by atomic mass is 9.78. The Morgan fingerprint density at radius 3 is 2.38 bits per heavy atom. The minimum atomic E-state index is -0.559. The van der Waals surface area contributed by atoms with Crippen molar-refractivity contribution in [2.45, 2.75) is 52.4 Å². The fraction of sp³-hybridized carbons (Fsp3) is 0.385. The van der Waals surface area contributed by atoms with Crippen molar-refractivity contribution in [2.24, 2.45) is 5.11 Å². The maximum atomic E-state index is 12.8. The van der Waals surface area contributed by atoms with Crippen LogP contribution in [0.4, 0.5) is 11.5 Å². The molecule has 3 N–H and O–H groups in total. The van der Waals surface area contributed by atoms with Crippen LogP contribution in [-0.4, -0.2) is 42.0 Å². The maximum absolute atomic E-state index is 12.8. The number of ether oxygens (including phenoxy) is 2. The molecular weight excluding hydrogens is 473 g/mol. The molecule has 2 aromatic carbocycles. The van der Waals surface area contributed by atoms with Gasteiger partial charge in [0.15, 0.2) is 11.5 Å². The predicted octanol–water partition coefficient (Wildman–Crippen LogP) is 4.42. The summed E-state index contributed by atoms with van der Waals surface area (Å²) in [6.45, 7) is 10.7. The Hall–Kier alpha value is -3.70. The average molecular weight is 505 g/mol. The number of nitrogens with one attached hydrogen (secondary N) is 3. The molecule has 37 heavy (non-hydrogen) atoms. The molecule has 0 saturated carbocycles. The summed E-state index contributed by atoms with van der Waals surface area (Å²) < 4.78 is 23.5. The van der Waals surface area contributed by atoms with Crippen molar-refractivity contribution in [3.8, 4) is 22.9 Å². The van der Waals surface area contributed by atoms with E-state index in [9.17, 15) is 4.79 Å². The molecule has 0 aliphatic carbocycles. The van der Waals surface area contributed by atoms with E-state index >= 15 is 0 Å². The largest absolute Gasteiger partial charge is 0.497 e. The topological polar surface area (TPSA) is 131 Å². The van der Waals surface area contributed by atoms with Gasteiger partial charge in [-0.05, 0) is 69.9 Å². The molecule has 0 unspecified atom stereocenters. The molecule has 0 radical (unpaired) electrons. The van der Waals surface area contributed by atoms with Gasteiger partial charge in [-0.15, -0.1) is 5.11 Å². The van der Waals surface area contributed by atoms with Crippen LogP contribution in [0.1, 0.15) is 40.2 Å². The van der Waals surface area contributed by atoms with Crippen LogP contribution >= 0.6 is 0 Å². The number of nitrogens with zero attached hydrogens (tertiary/aromatic N) is 2. The SMILES string of the molecule is CCOc1cc(B2OC(C)(C)C(C)(C)O2)ccc1-c1nc(NCc2ccc(OC)cc2)c(N=N)c(=O)[nH]1. The summed E-state index contributed by atoms with van der Waals surface area (Å²) in [5, 5.41) is 6.52. The molecule has 1 aliphatic heterocycles. The van der Waals surface area contributed by atoms with Gasteiger partial charge in [-0.3, -0.25) is 4.79 Å². The lowest BCUT2D eigenvalue weighted by molar-refractivity contribution is 0.00578. The van der Waals surface area contributed by atoms with Gasteiger partial charge in [0, 0.05) is 6.54 Å². The fourth-order valence-electron chi connectivity index (χ4n) is 3.89. The zero-order chi connectivity index (χ0) is 26.8. The molecular formula is C26H32BN5O5. The number of H-pyrrole nitrogens is 1. The van der Waals surface area contributed by atoms with Crippen molar-refractivity contribution < 1.29 is 18.8 Å². The highest BCUT2D eigenvalue weighted by Gasteiger charge is 2.51. The Morgan fingerprint density at radius 1 is 1.11 bits per heavy atom. The number of hydrogen-bond donors (Lipinski definition) is 3. The highest BCUT2D eigenvalue weighted by Crippen LogP contribution is 2.37. The van der Waals surface area contributed by atoms with Crippen LogP contribution in [0.5, 0.6) is 11.5 Å². The van der Waals surface area contributed by atoms with Crippen molar-refractivity contribution in [1.29, 1.82) is 5.53 Å². The zero-order valence-corrected chi connectivity index (χ0v) is 22.0. The molecule has 11 heteroatoms.